The summed E-state index contributed by atoms with van der Waals surface area (Å²) in [6, 6.07) is 0.188. The van der Waals surface area contributed by atoms with Crippen molar-refractivity contribution in [2.45, 2.75) is 31.7 Å². The number of hydrogen-bond donors (Lipinski definition) is 3. The van der Waals surface area contributed by atoms with Crippen LogP contribution in [0.5, 0.6) is 0 Å². The van der Waals surface area contributed by atoms with E-state index in [0.717, 1.165) is 31.9 Å². The third-order valence-electron chi connectivity index (χ3n) is 3.47. The molecule has 1 saturated carbocycles. The van der Waals surface area contributed by atoms with Gasteiger partial charge in [0.2, 0.25) is 11.8 Å². The number of nitrogens with one attached hydrogen (secondary N) is 1. The highest BCUT2D eigenvalue weighted by atomic mass is 16.6. The Labute approximate surface area is 110 Å². The zero-order valence-corrected chi connectivity index (χ0v) is 10.5. The number of nitro groups is 1. The van der Waals surface area contributed by atoms with Crippen LogP contribution in [0.4, 0.5) is 17.5 Å². The Morgan fingerprint density at radius 3 is 3.00 bits per heavy atom. The van der Waals surface area contributed by atoms with Crippen molar-refractivity contribution in [2.75, 3.05) is 17.7 Å². The van der Waals surface area contributed by atoms with E-state index in [-0.39, 0.29) is 24.2 Å². The quantitative estimate of drug-likeness (QED) is 0.534. The van der Waals surface area contributed by atoms with Crippen LogP contribution in [0.25, 0.3) is 0 Å². The minimum absolute atomic E-state index is 0.140. The van der Waals surface area contributed by atoms with Crippen LogP contribution in [0.1, 0.15) is 25.7 Å². The number of rotatable bonds is 5. The summed E-state index contributed by atoms with van der Waals surface area (Å²) < 4.78 is 0. The zero-order valence-electron chi connectivity index (χ0n) is 10.5. The second-order valence-electron chi connectivity index (χ2n) is 4.68. The van der Waals surface area contributed by atoms with Gasteiger partial charge in [-0.05, 0) is 25.2 Å². The number of nitrogens with two attached hydrogens (primary N) is 1. The van der Waals surface area contributed by atoms with Gasteiger partial charge in [-0.15, -0.1) is 0 Å². The Balaban J connectivity index is 2.07. The molecular weight excluding hydrogens is 250 g/mol. The fourth-order valence-corrected chi connectivity index (χ4v) is 2.50. The lowest BCUT2D eigenvalue weighted by Gasteiger charge is -2.20. The number of nitrogens with zero attached hydrogens (tertiary/aromatic N) is 3. The number of aromatic nitrogens is 2. The van der Waals surface area contributed by atoms with Gasteiger partial charge in [-0.3, -0.25) is 10.1 Å². The van der Waals surface area contributed by atoms with Crippen LogP contribution in [0.2, 0.25) is 0 Å². The van der Waals surface area contributed by atoms with E-state index in [1.165, 1.54) is 0 Å². The molecule has 2 unspecified atom stereocenters. The van der Waals surface area contributed by atoms with Crippen molar-refractivity contribution in [1.29, 1.82) is 0 Å². The minimum atomic E-state index is -0.608. The topological polar surface area (TPSA) is 127 Å². The van der Waals surface area contributed by atoms with E-state index in [1.807, 2.05) is 0 Å². The third-order valence-corrected chi connectivity index (χ3v) is 3.47. The maximum Gasteiger partial charge on any atom is 0.329 e. The normalized spacial score (nSPS) is 22.4. The third kappa shape index (κ3) is 3.08. The highest BCUT2D eigenvalue weighted by Crippen LogP contribution is 2.30. The van der Waals surface area contributed by atoms with Crippen molar-refractivity contribution < 1.29 is 10.0 Å². The van der Waals surface area contributed by atoms with Crippen molar-refractivity contribution in [2.24, 2.45) is 5.92 Å². The van der Waals surface area contributed by atoms with E-state index in [9.17, 15) is 10.1 Å². The molecule has 0 bridgehead atoms. The number of aliphatic hydroxyl groups is 1. The Bertz CT molecular complexity index is 468. The van der Waals surface area contributed by atoms with Crippen molar-refractivity contribution in [3.05, 3.63) is 16.3 Å². The SMILES string of the molecule is Nc1nc(NC2CCCC2CCO)ncc1[N+](=O)[O-]. The van der Waals surface area contributed by atoms with Crippen molar-refractivity contribution in [1.82, 2.24) is 9.97 Å². The predicted molar refractivity (Wildman–Crippen MR) is 69.6 cm³/mol. The molecule has 0 aliphatic heterocycles. The molecule has 0 radical (unpaired) electrons. The Morgan fingerprint density at radius 2 is 2.37 bits per heavy atom. The molecule has 0 spiro atoms. The Kier molecular flexibility index (Phi) is 4.10. The van der Waals surface area contributed by atoms with Crippen LogP contribution in [0.15, 0.2) is 6.20 Å². The van der Waals surface area contributed by atoms with Crippen molar-refractivity contribution in [3.8, 4) is 0 Å². The maximum absolute atomic E-state index is 10.6. The summed E-state index contributed by atoms with van der Waals surface area (Å²) >= 11 is 0. The molecule has 8 heteroatoms. The molecule has 1 aromatic heterocycles. The molecule has 0 aromatic carbocycles. The second kappa shape index (κ2) is 5.79. The lowest BCUT2D eigenvalue weighted by Crippen LogP contribution is -2.26. The van der Waals surface area contributed by atoms with Gasteiger partial charge in [-0.1, -0.05) is 6.42 Å². The fourth-order valence-electron chi connectivity index (χ4n) is 2.50. The first-order valence-electron chi connectivity index (χ1n) is 6.26. The Hall–Kier alpha value is -1.96. The molecule has 1 aliphatic rings. The summed E-state index contributed by atoms with van der Waals surface area (Å²) in [6.45, 7) is 0.159. The first kappa shape index (κ1) is 13.5. The average Bonchev–Trinajstić information content (AvgIpc) is 2.77. The molecule has 1 heterocycles. The van der Waals surface area contributed by atoms with E-state index in [1.54, 1.807) is 0 Å². The fraction of sp³-hybridized carbons (Fsp3) is 0.636. The first-order chi connectivity index (χ1) is 9.11. The van der Waals surface area contributed by atoms with Crippen LogP contribution in [-0.2, 0) is 0 Å². The van der Waals surface area contributed by atoms with Gasteiger partial charge in [0.1, 0.15) is 6.20 Å². The number of aliphatic hydroxyl groups excluding tert-OH is 1. The van der Waals surface area contributed by atoms with Gasteiger partial charge in [0.25, 0.3) is 0 Å². The van der Waals surface area contributed by atoms with Crippen LogP contribution in [-0.4, -0.2) is 32.6 Å². The molecule has 1 fully saturated rings. The van der Waals surface area contributed by atoms with Crippen LogP contribution < -0.4 is 11.1 Å². The summed E-state index contributed by atoms with van der Waals surface area (Å²) in [5, 5.41) is 22.8. The molecule has 8 nitrogen and oxygen atoms in total. The van der Waals surface area contributed by atoms with Gasteiger partial charge in [0.05, 0.1) is 4.92 Å². The van der Waals surface area contributed by atoms with Crippen LogP contribution in [0.3, 0.4) is 0 Å². The molecule has 2 rings (SSSR count). The molecule has 1 aliphatic carbocycles. The largest absolute Gasteiger partial charge is 0.396 e. The monoisotopic (exact) mass is 267 g/mol. The molecule has 0 amide bonds. The van der Waals surface area contributed by atoms with E-state index in [2.05, 4.69) is 15.3 Å². The van der Waals surface area contributed by atoms with E-state index in [4.69, 9.17) is 10.8 Å². The number of hydrogen-bond acceptors (Lipinski definition) is 7. The molecule has 19 heavy (non-hydrogen) atoms. The standard InChI is InChI=1S/C11H17N5O3/c12-10-9(16(18)19)6-13-11(15-10)14-8-3-1-2-7(8)4-5-17/h6-8,17H,1-5H2,(H3,12,13,14,15). The highest BCUT2D eigenvalue weighted by Gasteiger charge is 2.27. The number of nitrogen functional groups attached to an aromatic ring is 1. The van der Waals surface area contributed by atoms with Crippen LogP contribution in [0, 0.1) is 16.0 Å². The summed E-state index contributed by atoms with van der Waals surface area (Å²) in [4.78, 5) is 17.8. The Morgan fingerprint density at radius 1 is 1.58 bits per heavy atom. The van der Waals surface area contributed by atoms with E-state index in [0.29, 0.717) is 11.9 Å². The van der Waals surface area contributed by atoms with Gasteiger partial charge >= 0.3 is 5.69 Å². The summed E-state index contributed by atoms with van der Waals surface area (Å²) in [6.07, 6.45) is 4.97. The molecule has 1 aromatic rings. The summed E-state index contributed by atoms with van der Waals surface area (Å²) in [7, 11) is 0. The average molecular weight is 267 g/mol. The molecule has 2 atom stereocenters. The lowest BCUT2D eigenvalue weighted by atomic mass is 10.0. The second-order valence-corrected chi connectivity index (χ2v) is 4.68. The molecule has 4 N–H and O–H groups in total. The lowest BCUT2D eigenvalue weighted by molar-refractivity contribution is -0.384. The van der Waals surface area contributed by atoms with Crippen molar-refractivity contribution in [3.63, 3.8) is 0 Å². The van der Waals surface area contributed by atoms with E-state index < -0.39 is 4.92 Å². The first-order valence-corrected chi connectivity index (χ1v) is 6.26. The maximum atomic E-state index is 10.6. The van der Waals surface area contributed by atoms with Crippen LogP contribution >= 0.6 is 0 Å². The highest BCUT2D eigenvalue weighted by molar-refractivity contribution is 5.53. The predicted octanol–water partition coefficient (Wildman–Crippen LogP) is 0.930. The number of anilines is 2. The van der Waals surface area contributed by atoms with Gasteiger partial charge in [0, 0.05) is 12.6 Å². The molecule has 0 saturated heterocycles. The van der Waals surface area contributed by atoms with E-state index >= 15 is 0 Å². The minimum Gasteiger partial charge on any atom is -0.396 e. The van der Waals surface area contributed by atoms with Gasteiger partial charge in [0.15, 0.2) is 0 Å². The smallest absolute Gasteiger partial charge is 0.329 e. The summed E-state index contributed by atoms with van der Waals surface area (Å²) in [5.41, 5.74) is 5.23. The molecular formula is C11H17N5O3. The van der Waals surface area contributed by atoms with Gasteiger partial charge in [-0.2, -0.15) is 4.98 Å². The van der Waals surface area contributed by atoms with Crippen molar-refractivity contribution >= 4 is 17.5 Å². The molecule has 104 valence electrons. The van der Waals surface area contributed by atoms with Gasteiger partial charge < -0.3 is 16.2 Å². The zero-order chi connectivity index (χ0) is 13.8. The van der Waals surface area contributed by atoms with Gasteiger partial charge in [-0.25, -0.2) is 4.98 Å². The summed E-state index contributed by atoms with van der Waals surface area (Å²) in [5.74, 6) is 0.544.